The Kier molecular flexibility index (Phi) is 5.53. The zero-order valence-electron chi connectivity index (χ0n) is 12.1. The molecule has 0 spiro atoms. The molecule has 2 aromatic rings. The molecule has 1 aromatic heterocycles. The van der Waals surface area contributed by atoms with E-state index in [0.29, 0.717) is 6.61 Å². The number of ether oxygens (including phenoxy) is 1. The number of nitrogens with zero attached hydrogens (tertiary/aromatic N) is 2. The maximum Gasteiger partial charge on any atom is 0.166 e. The van der Waals surface area contributed by atoms with E-state index in [1.807, 2.05) is 18.3 Å². The maximum absolute atomic E-state index is 5.74. The molecule has 2 heterocycles. The van der Waals surface area contributed by atoms with E-state index in [-0.39, 0.29) is 12.4 Å². The Morgan fingerprint density at radius 1 is 1.24 bits per heavy atom. The van der Waals surface area contributed by atoms with Crippen molar-refractivity contribution in [1.82, 2.24) is 15.3 Å². The van der Waals surface area contributed by atoms with Crippen molar-refractivity contribution in [3.05, 3.63) is 53.1 Å². The van der Waals surface area contributed by atoms with Gasteiger partial charge in [0.1, 0.15) is 12.4 Å². The van der Waals surface area contributed by atoms with Gasteiger partial charge in [0.2, 0.25) is 0 Å². The van der Waals surface area contributed by atoms with Crippen molar-refractivity contribution < 1.29 is 4.74 Å². The minimum atomic E-state index is 0. The lowest BCUT2D eigenvalue weighted by Crippen LogP contribution is -2.25. The van der Waals surface area contributed by atoms with Crippen molar-refractivity contribution in [1.29, 1.82) is 0 Å². The van der Waals surface area contributed by atoms with E-state index < -0.39 is 0 Å². The van der Waals surface area contributed by atoms with Crippen LogP contribution in [0.5, 0.6) is 5.75 Å². The van der Waals surface area contributed by atoms with Crippen LogP contribution in [0.1, 0.15) is 29.6 Å². The minimum absolute atomic E-state index is 0. The quantitative estimate of drug-likeness (QED) is 0.943. The van der Waals surface area contributed by atoms with Gasteiger partial charge in [-0.3, -0.25) is 0 Å². The molecule has 1 aliphatic rings. The van der Waals surface area contributed by atoms with E-state index in [9.17, 15) is 0 Å². The number of nitrogens with one attached hydrogen (secondary N) is 1. The summed E-state index contributed by atoms with van der Waals surface area (Å²) in [6, 6.07) is 8.19. The lowest BCUT2D eigenvalue weighted by Gasteiger charge is -2.16. The second-order valence-corrected chi connectivity index (χ2v) is 4.97. The molecular weight excluding hydrogens is 286 g/mol. The summed E-state index contributed by atoms with van der Waals surface area (Å²) in [5.74, 6) is 1.62. The fourth-order valence-electron chi connectivity index (χ4n) is 2.32. The minimum Gasteiger partial charge on any atom is -0.486 e. The molecule has 0 saturated carbocycles. The lowest BCUT2D eigenvalue weighted by molar-refractivity contribution is 0.295. The van der Waals surface area contributed by atoms with Crippen LogP contribution in [0.25, 0.3) is 0 Å². The van der Waals surface area contributed by atoms with Gasteiger partial charge in [-0.1, -0.05) is 19.1 Å². The highest BCUT2D eigenvalue weighted by molar-refractivity contribution is 5.85. The average Bonchev–Trinajstić information content (AvgIpc) is 2.53. The Balaban J connectivity index is 0.00000161. The molecule has 0 saturated heterocycles. The lowest BCUT2D eigenvalue weighted by atomic mass is 10.1. The molecule has 4 nitrogen and oxygen atoms in total. The molecule has 0 atom stereocenters. The first-order valence-electron chi connectivity index (χ1n) is 7.11. The molecule has 0 fully saturated rings. The molecule has 1 aliphatic heterocycles. The topological polar surface area (TPSA) is 47.0 Å². The van der Waals surface area contributed by atoms with Crippen molar-refractivity contribution in [3.63, 3.8) is 0 Å². The second kappa shape index (κ2) is 7.38. The van der Waals surface area contributed by atoms with Crippen molar-refractivity contribution in [2.75, 3.05) is 6.54 Å². The van der Waals surface area contributed by atoms with Gasteiger partial charge >= 0.3 is 0 Å². The van der Waals surface area contributed by atoms with Crippen LogP contribution in [0.2, 0.25) is 0 Å². The Labute approximate surface area is 131 Å². The number of rotatable bonds is 4. The predicted molar refractivity (Wildman–Crippen MR) is 84.8 cm³/mol. The number of aromatic nitrogens is 2. The van der Waals surface area contributed by atoms with Gasteiger partial charge in [0.25, 0.3) is 0 Å². The first kappa shape index (κ1) is 15.7. The van der Waals surface area contributed by atoms with Crippen molar-refractivity contribution >= 4 is 12.4 Å². The first-order valence-corrected chi connectivity index (χ1v) is 7.11. The predicted octanol–water partition coefficient (Wildman–Crippen LogP) is 2.69. The summed E-state index contributed by atoms with van der Waals surface area (Å²) in [6.45, 7) is 4.43. The van der Waals surface area contributed by atoms with Gasteiger partial charge in [-0.25, -0.2) is 9.97 Å². The third-order valence-corrected chi connectivity index (χ3v) is 3.56. The Morgan fingerprint density at radius 2 is 2.05 bits per heavy atom. The maximum atomic E-state index is 5.74. The van der Waals surface area contributed by atoms with Crippen molar-refractivity contribution in [3.8, 4) is 5.75 Å². The standard InChI is InChI=1S/C16H19N3O.ClH/c1-2-12-3-5-14(6-4-12)20-11-16-18-10-13-9-17-8-7-15(13)19-16;/h3-6,10,17H,2,7-9,11H2,1H3;1H. The Morgan fingerprint density at radius 3 is 2.81 bits per heavy atom. The summed E-state index contributed by atoms with van der Waals surface area (Å²) in [5.41, 5.74) is 3.67. The van der Waals surface area contributed by atoms with Gasteiger partial charge in [0.05, 0.1) is 0 Å². The van der Waals surface area contributed by atoms with E-state index in [0.717, 1.165) is 43.2 Å². The summed E-state index contributed by atoms with van der Waals surface area (Å²) >= 11 is 0. The zero-order chi connectivity index (χ0) is 13.8. The fourth-order valence-corrected chi connectivity index (χ4v) is 2.32. The summed E-state index contributed by atoms with van der Waals surface area (Å²) in [6.07, 6.45) is 3.92. The third-order valence-electron chi connectivity index (χ3n) is 3.56. The highest BCUT2D eigenvalue weighted by Gasteiger charge is 2.11. The molecule has 0 aliphatic carbocycles. The molecule has 1 N–H and O–H groups in total. The number of fused-ring (bicyclic) bond motifs is 1. The second-order valence-electron chi connectivity index (χ2n) is 4.97. The van der Waals surface area contributed by atoms with E-state index in [4.69, 9.17) is 4.74 Å². The van der Waals surface area contributed by atoms with Gasteiger partial charge in [0, 0.05) is 37.0 Å². The highest BCUT2D eigenvalue weighted by Crippen LogP contribution is 2.15. The normalized spacial score (nSPS) is 13.2. The largest absolute Gasteiger partial charge is 0.486 e. The molecule has 112 valence electrons. The number of halogens is 1. The van der Waals surface area contributed by atoms with Crippen LogP contribution in [0, 0.1) is 0 Å². The zero-order valence-corrected chi connectivity index (χ0v) is 12.9. The first-order chi connectivity index (χ1) is 9.85. The number of aryl methyl sites for hydroxylation is 1. The van der Waals surface area contributed by atoms with Gasteiger partial charge in [-0.05, 0) is 24.1 Å². The molecule has 0 radical (unpaired) electrons. The van der Waals surface area contributed by atoms with Crippen LogP contribution in [0.3, 0.4) is 0 Å². The summed E-state index contributed by atoms with van der Waals surface area (Å²) in [7, 11) is 0. The van der Waals surface area contributed by atoms with E-state index >= 15 is 0 Å². The molecule has 3 rings (SSSR count). The average molecular weight is 306 g/mol. The number of benzene rings is 1. The molecule has 21 heavy (non-hydrogen) atoms. The van der Waals surface area contributed by atoms with E-state index in [1.54, 1.807) is 0 Å². The molecular formula is C16H20ClN3O. The Hall–Kier alpha value is -1.65. The van der Waals surface area contributed by atoms with Crippen LogP contribution in [0.4, 0.5) is 0 Å². The van der Waals surface area contributed by atoms with Crippen molar-refractivity contribution in [2.45, 2.75) is 32.9 Å². The summed E-state index contributed by atoms with van der Waals surface area (Å²) < 4.78 is 5.74. The van der Waals surface area contributed by atoms with Crippen LogP contribution < -0.4 is 10.1 Å². The monoisotopic (exact) mass is 305 g/mol. The number of hydrogen-bond acceptors (Lipinski definition) is 4. The number of hydrogen-bond donors (Lipinski definition) is 1. The van der Waals surface area contributed by atoms with E-state index in [1.165, 1.54) is 11.1 Å². The summed E-state index contributed by atoms with van der Waals surface area (Å²) in [4.78, 5) is 8.95. The van der Waals surface area contributed by atoms with Crippen LogP contribution >= 0.6 is 12.4 Å². The molecule has 0 bridgehead atoms. The molecule has 1 aromatic carbocycles. The van der Waals surface area contributed by atoms with Gasteiger partial charge in [-0.2, -0.15) is 0 Å². The van der Waals surface area contributed by atoms with E-state index in [2.05, 4.69) is 34.3 Å². The highest BCUT2D eigenvalue weighted by atomic mass is 35.5. The van der Waals surface area contributed by atoms with Gasteiger partial charge < -0.3 is 10.1 Å². The Bertz CT molecular complexity index is 587. The van der Waals surface area contributed by atoms with Crippen molar-refractivity contribution in [2.24, 2.45) is 0 Å². The van der Waals surface area contributed by atoms with Gasteiger partial charge in [-0.15, -0.1) is 12.4 Å². The SMILES string of the molecule is CCc1ccc(OCc2ncc3c(n2)CCNC3)cc1.Cl. The molecule has 5 heteroatoms. The van der Waals surface area contributed by atoms with Crippen LogP contribution in [0.15, 0.2) is 30.5 Å². The van der Waals surface area contributed by atoms with Crippen LogP contribution in [-0.4, -0.2) is 16.5 Å². The smallest absolute Gasteiger partial charge is 0.166 e. The molecule has 0 amide bonds. The fraction of sp³-hybridized carbons (Fsp3) is 0.375. The molecule has 0 unspecified atom stereocenters. The summed E-state index contributed by atoms with van der Waals surface area (Å²) in [5, 5.41) is 3.32. The van der Waals surface area contributed by atoms with Crippen LogP contribution in [-0.2, 0) is 26.0 Å². The third kappa shape index (κ3) is 3.93. The van der Waals surface area contributed by atoms with Gasteiger partial charge in [0.15, 0.2) is 5.82 Å².